The summed E-state index contributed by atoms with van der Waals surface area (Å²) in [5.41, 5.74) is 2.97. The third-order valence-corrected chi connectivity index (χ3v) is 3.42. The van der Waals surface area contributed by atoms with E-state index in [2.05, 4.69) is 4.98 Å². The normalized spacial score (nSPS) is 11.1. The van der Waals surface area contributed by atoms with Gasteiger partial charge < -0.3 is 14.2 Å². The Morgan fingerprint density at radius 1 is 1.24 bits per heavy atom. The Bertz CT molecular complexity index is 650. The minimum absolute atomic E-state index is 0.377. The summed E-state index contributed by atoms with van der Waals surface area (Å²) in [7, 11) is 4.47. The van der Waals surface area contributed by atoms with E-state index in [0.717, 1.165) is 16.5 Å². The lowest BCUT2D eigenvalue weighted by molar-refractivity contribution is -0.101. The number of pyridine rings is 1. The lowest BCUT2D eigenvalue weighted by Crippen LogP contribution is -2.19. The van der Waals surface area contributed by atoms with Gasteiger partial charge in [-0.2, -0.15) is 0 Å². The van der Waals surface area contributed by atoms with Crippen molar-refractivity contribution >= 4 is 16.9 Å². The predicted octanol–water partition coefficient (Wildman–Crippen LogP) is 2.49. The number of nitrogens with zero attached hydrogens (tertiary/aromatic N) is 1. The fraction of sp³-hybridized carbons (Fsp3) is 0.375. The highest BCUT2D eigenvalue weighted by molar-refractivity contribution is 5.95. The van der Waals surface area contributed by atoms with Gasteiger partial charge in [0.2, 0.25) is 0 Å². The number of rotatable bonds is 5. The predicted molar refractivity (Wildman–Crippen MR) is 79.3 cm³/mol. The number of hydrogen-bond donors (Lipinski definition) is 0. The number of esters is 1. The van der Waals surface area contributed by atoms with E-state index in [-0.39, 0.29) is 0 Å². The summed E-state index contributed by atoms with van der Waals surface area (Å²) in [4.78, 5) is 16.6. The number of methoxy groups -OCH3 is 3. The number of hydrogen-bond acceptors (Lipinski definition) is 5. The number of aryl methyl sites for hydroxylation is 1. The number of ether oxygens (including phenoxy) is 3. The number of aromatic nitrogens is 1. The second kappa shape index (κ2) is 6.65. The quantitative estimate of drug-likeness (QED) is 0.625. The van der Waals surface area contributed by atoms with E-state index in [0.29, 0.717) is 17.7 Å². The first-order chi connectivity index (χ1) is 10.1. The van der Waals surface area contributed by atoms with Crippen LogP contribution in [0.3, 0.4) is 0 Å². The highest BCUT2D eigenvalue weighted by atomic mass is 16.7. The Morgan fingerprint density at radius 3 is 2.57 bits per heavy atom. The summed E-state index contributed by atoms with van der Waals surface area (Å²) in [5.74, 6) is -0.410. The Kier molecular flexibility index (Phi) is 4.88. The molecule has 0 aliphatic carbocycles. The van der Waals surface area contributed by atoms with E-state index < -0.39 is 12.3 Å². The van der Waals surface area contributed by atoms with Crippen LogP contribution in [0.1, 0.15) is 21.6 Å². The van der Waals surface area contributed by atoms with E-state index in [1.165, 1.54) is 7.11 Å². The molecule has 0 fully saturated rings. The number of carbonyl (C=O) groups excluding carboxylic acids is 1. The first kappa shape index (κ1) is 15.4. The molecule has 0 spiro atoms. The van der Waals surface area contributed by atoms with Crippen LogP contribution in [-0.2, 0) is 20.6 Å². The summed E-state index contributed by atoms with van der Waals surface area (Å²) in [5, 5.41) is 0.908. The fourth-order valence-electron chi connectivity index (χ4n) is 2.25. The first-order valence-corrected chi connectivity index (χ1v) is 6.63. The van der Waals surface area contributed by atoms with Crippen LogP contribution < -0.4 is 0 Å². The first-order valence-electron chi connectivity index (χ1n) is 6.63. The highest BCUT2D eigenvalue weighted by Crippen LogP contribution is 2.22. The van der Waals surface area contributed by atoms with Crippen LogP contribution in [0, 0.1) is 6.92 Å². The van der Waals surface area contributed by atoms with Crippen LogP contribution in [0.2, 0.25) is 0 Å². The zero-order chi connectivity index (χ0) is 15.4. The minimum Gasteiger partial charge on any atom is -0.465 e. The molecule has 1 heterocycles. The Morgan fingerprint density at radius 2 is 1.95 bits per heavy atom. The molecule has 1 aromatic heterocycles. The molecule has 1 aromatic carbocycles. The van der Waals surface area contributed by atoms with Crippen molar-refractivity contribution in [3.8, 4) is 0 Å². The molecule has 0 N–H and O–H groups in total. The molecular weight excluding hydrogens is 270 g/mol. The molecule has 0 saturated carbocycles. The van der Waals surface area contributed by atoms with Gasteiger partial charge in [0.1, 0.15) is 0 Å². The zero-order valence-corrected chi connectivity index (χ0v) is 12.7. The van der Waals surface area contributed by atoms with Crippen LogP contribution in [0.15, 0.2) is 24.3 Å². The molecule has 0 atom stereocenters. The standard InChI is InChI=1S/C16H19NO4/c1-10-6-5-7-11-8-12(16(18)21-4)13(17-15(10)11)9-14(19-2)20-3/h5-8,14H,9H2,1-4H3. The van der Waals surface area contributed by atoms with Gasteiger partial charge in [-0.1, -0.05) is 18.2 Å². The molecule has 2 rings (SSSR count). The number of benzene rings is 1. The van der Waals surface area contributed by atoms with Crippen molar-refractivity contribution < 1.29 is 19.0 Å². The van der Waals surface area contributed by atoms with Crippen LogP contribution >= 0.6 is 0 Å². The number of carbonyl (C=O) groups is 1. The molecule has 0 amide bonds. The second-order valence-electron chi connectivity index (χ2n) is 4.73. The van der Waals surface area contributed by atoms with Crippen molar-refractivity contribution in [3.63, 3.8) is 0 Å². The van der Waals surface area contributed by atoms with E-state index in [9.17, 15) is 4.79 Å². The Balaban J connectivity index is 2.58. The molecule has 0 saturated heterocycles. The molecule has 0 aliphatic rings. The maximum atomic E-state index is 12.0. The maximum Gasteiger partial charge on any atom is 0.339 e. The van der Waals surface area contributed by atoms with Gasteiger partial charge >= 0.3 is 5.97 Å². The van der Waals surface area contributed by atoms with Gasteiger partial charge in [-0.15, -0.1) is 0 Å². The van der Waals surface area contributed by atoms with Crippen molar-refractivity contribution in [2.24, 2.45) is 0 Å². The van der Waals surface area contributed by atoms with Crippen molar-refractivity contribution in [2.75, 3.05) is 21.3 Å². The SMILES string of the molecule is COC(=O)c1cc2cccc(C)c2nc1CC(OC)OC. The van der Waals surface area contributed by atoms with Crippen LogP contribution in [-0.4, -0.2) is 38.6 Å². The Hall–Kier alpha value is -1.98. The summed E-state index contributed by atoms with van der Waals surface area (Å²) < 4.78 is 15.2. The molecule has 0 aliphatic heterocycles. The molecule has 0 bridgehead atoms. The topological polar surface area (TPSA) is 57.7 Å². The fourth-order valence-corrected chi connectivity index (χ4v) is 2.25. The average Bonchev–Trinajstić information content (AvgIpc) is 2.51. The third-order valence-electron chi connectivity index (χ3n) is 3.42. The smallest absolute Gasteiger partial charge is 0.339 e. The van der Waals surface area contributed by atoms with Gasteiger partial charge in [0.15, 0.2) is 6.29 Å². The van der Waals surface area contributed by atoms with E-state index in [1.54, 1.807) is 20.3 Å². The highest BCUT2D eigenvalue weighted by Gasteiger charge is 2.19. The monoisotopic (exact) mass is 289 g/mol. The van der Waals surface area contributed by atoms with Gasteiger partial charge in [-0.05, 0) is 18.6 Å². The lowest BCUT2D eigenvalue weighted by Gasteiger charge is -2.15. The van der Waals surface area contributed by atoms with Gasteiger partial charge in [-0.3, -0.25) is 4.98 Å². The van der Waals surface area contributed by atoms with Gasteiger partial charge in [0.05, 0.1) is 23.9 Å². The van der Waals surface area contributed by atoms with Crippen molar-refractivity contribution in [1.29, 1.82) is 0 Å². The van der Waals surface area contributed by atoms with Gasteiger partial charge in [0.25, 0.3) is 0 Å². The molecule has 0 radical (unpaired) electrons. The maximum absolute atomic E-state index is 12.0. The zero-order valence-electron chi connectivity index (χ0n) is 12.7. The molecule has 0 unspecified atom stereocenters. The third kappa shape index (κ3) is 3.20. The molecular formula is C16H19NO4. The summed E-state index contributed by atoms with van der Waals surface area (Å²) in [6, 6.07) is 7.66. The number of para-hydroxylation sites is 1. The molecule has 2 aromatic rings. The van der Waals surface area contributed by atoms with Crippen molar-refractivity contribution in [1.82, 2.24) is 4.98 Å². The molecule has 5 heteroatoms. The average molecular weight is 289 g/mol. The molecule has 5 nitrogen and oxygen atoms in total. The number of fused-ring (bicyclic) bond motifs is 1. The molecule has 21 heavy (non-hydrogen) atoms. The molecule has 112 valence electrons. The summed E-state index contributed by atoms with van der Waals surface area (Å²) in [6.45, 7) is 1.99. The summed E-state index contributed by atoms with van der Waals surface area (Å²) in [6.07, 6.45) is -0.0794. The largest absolute Gasteiger partial charge is 0.465 e. The van der Waals surface area contributed by atoms with Crippen LogP contribution in [0.25, 0.3) is 10.9 Å². The van der Waals surface area contributed by atoms with Crippen molar-refractivity contribution in [3.05, 3.63) is 41.1 Å². The van der Waals surface area contributed by atoms with Crippen molar-refractivity contribution in [2.45, 2.75) is 19.6 Å². The van der Waals surface area contributed by atoms with Gasteiger partial charge in [-0.25, -0.2) is 4.79 Å². The Labute approximate surface area is 123 Å². The van der Waals surface area contributed by atoms with E-state index in [1.807, 2.05) is 25.1 Å². The van der Waals surface area contributed by atoms with Gasteiger partial charge in [0, 0.05) is 26.0 Å². The van der Waals surface area contributed by atoms with E-state index >= 15 is 0 Å². The van der Waals surface area contributed by atoms with Crippen LogP contribution in [0.4, 0.5) is 0 Å². The lowest BCUT2D eigenvalue weighted by atomic mass is 10.0. The second-order valence-corrected chi connectivity index (χ2v) is 4.73. The van der Waals surface area contributed by atoms with Crippen LogP contribution in [0.5, 0.6) is 0 Å². The van der Waals surface area contributed by atoms with E-state index in [4.69, 9.17) is 14.2 Å². The minimum atomic E-state index is -0.456. The summed E-state index contributed by atoms with van der Waals surface area (Å²) >= 11 is 0.